The maximum atomic E-state index is 11.4. The van der Waals surface area contributed by atoms with Gasteiger partial charge in [-0.15, -0.1) is 0 Å². The topological polar surface area (TPSA) is 65.2 Å². The largest absolute Gasteiger partial charge is 0.465 e. The van der Waals surface area contributed by atoms with Crippen molar-refractivity contribution in [1.82, 2.24) is 10.1 Å². The highest BCUT2D eigenvalue weighted by atomic mass is 35.5. The van der Waals surface area contributed by atoms with E-state index < -0.39 is 0 Å². The molecule has 25 heavy (non-hydrogen) atoms. The molecule has 6 heteroatoms. The molecule has 0 radical (unpaired) electrons. The van der Waals surface area contributed by atoms with Gasteiger partial charge in [0.2, 0.25) is 5.82 Å². The molecule has 0 fully saturated rings. The third-order valence-electron chi connectivity index (χ3n) is 3.64. The van der Waals surface area contributed by atoms with Gasteiger partial charge >= 0.3 is 5.97 Å². The van der Waals surface area contributed by atoms with Crippen LogP contribution in [0.15, 0.2) is 53.1 Å². The van der Waals surface area contributed by atoms with Crippen LogP contribution in [-0.2, 0) is 4.74 Å². The number of ether oxygens (including phenoxy) is 1. The molecule has 0 amide bonds. The lowest BCUT2D eigenvalue weighted by Crippen LogP contribution is -2.00. The fraction of sp³-hybridized carbons (Fsp3) is 0.105. The second-order valence-electron chi connectivity index (χ2n) is 5.34. The summed E-state index contributed by atoms with van der Waals surface area (Å²) in [6.45, 7) is 1.98. The molecular weight excluding hydrogens is 340 g/mol. The maximum Gasteiger partial charge on any atom is 0.337 e. The van der Waals surface area contributed by atoms with Crippen LogP contribution < -0.4 is 0 Å². The summed E-state index contributed by atoms with van der Waals surface area (Å²) in [4.78, 5) is 15.8. The summed E-state index contributed by atoms with van der Waals surface area (Å²) in [7, 11) is 1.34. The summed E-state index contributed by atoms with van der Waals surface area (Å²) in [6.07, 6.45) is 1.69. The van der Waals surface area contributed by atoms with Crippen LogP contribution in [-0.4, -0.2) is 23.2 Å². The molecule has 3 rings (SSSR count). The zero-order valence-corrected chi connectivity index (χ0v) is 14.4. The van der Waals surface area contributed by atoms with Crippen LogP contribution in [0.2, 0.25) is 0 Å². The van der Waals surface area contributed by atoms with E-state index in [0.29, 0.717) is 16.4 Å². The highest BCUT2D eigenvalue weighted by molar-refractivity contribution is 6.50. The number of hydrogen-bond acceptors (Lipinski definition) is 5. The third kappa shape index (κ3) is 3.78. The molecule has 0 saturated carbocycles. The Kier molecular flexibility index (Phi) is 4.95. The van der Waals surface area contributed by atoms with Gasteiger partial charge in [0.25, 0.3) is 5.89 Å². The zero-order valence-electron chi connectivity index (χ0n) is 13.7. The normalized spacial score (nSPS) is 11.4. The van der Waals surface area contributed by atoms with E-state index in [4.69, 9.17) is 16.1 Å². The molecule has 0 spiro atoms. The lowest BCUT2D eigenvalue weighted by Gasteiger charge is -2.00. The highest BCUT2D eigenvalue weighted by Crippen LogP contribution is 2.25. The van der Waals surface area contributed by atoms with Crippen molar-refractivity contribution >= 4 is 28.7 Å². The van der Waals surface area contributed by atoms with Crippen molar-refractivity contribution in [1.29, 1.82) is 0 Å². The maximum absolute atomic E-state index is 11.4. The molecule has 0 aliphatic carbocycles. The van der Waals surface area contributed by atoms with Crippen molar-refractivity contribution in [3.05, 3.63) is 71.1 Å². The monoisotopic (exact) mass is 354 g/mol. The molecule has 0 aliphatic heterocycles. The Morgan fingerprint density at radius 1 is 1.16 bits per heavy atom. The Morgan fingerprint density at radius 2 is 1.88 bits per heavy atom. The van der Waals surface area contributed by atoms with E-state index in [0.717, 1.165) is 16.7 Å². The van der Waals surface area contributed by atoms with E-state index in [1.807, 2.05) is 31.2 Å². The first-order valence-electron chi connectivity index (χ1n) is 7.54. The van der Waals surface area contributed by atoms with Crippen molar-refractivity contribution in [3.63, 3.8) is 0 Å². The Morgan fingerprint density at radius 3 is 2.56 bits per heavy atom. The molecule has 2 aromatic carbocycles. The van der Waals surface area contributed by atoms with Crippen molar-refractivity contribution in [3.8, 4) is 11.4 Å². The molecule has 0 bridgehead atoms. The molecule has 0 atom stereocenters. The number of aromatic nitrogens is 2. The van der Waals surface area contributed by atoms with Gasteiger partial charge in [0.15, 0.2) is 0 Å². The first-order valence-corrected chi connectivity index (χ1v) is 7.92. The summed E-state index contributed by atoms with van der Waals surface area (Å²) in [5.74, 6) is 0.332. The van der Waals surface area contributed by atoms with E-state index in [-0.39, 0.29) is 11.9 Å². The molecule has 0 unspecified atom stereocenters. The number of hydrogen-bond donors (Lipinski definition) is 0. The molecule has 3 aromatic rings. The van der Waals surface area contributed by atoms with Crippen molar-refractivity contribution < 1.29 is 14.1 Å². The van der Waals surface area contributed by atoms with Crippen LogP contribution in [0.4, 0.5) is 0 Å². The summed E-state index contributed by atoms with van der Waals surface area (Å²) < 4.78 is 9.92. The van der Waals surface area contributed by atoms with E-state index in [1.165, 1.54) is 7.11 Å². The number of benzene rings is 2. The molecule has 126 valence electrons. The minimum atomic E-state index is -0.388. The van der Waals surface area contributed by atoms with E-state index in [9.17, 15) is 4.79 Å². The van der Waals surface area contributed by atoms with Gasteiger partial charge in [0.1, 0.15) is 5.03 Å². The predicted octanol–water partition coefficient (Wildman–Crippen LogP) is 4.57. The highest BCUT2D eigenvalue weighted by Gasteiger charge is 2.13. The fourth-order valence-corrected chi connectivity index (χ4v) is 2.50. The zero-order chi connectivity index (χ0) is 17.8. The van der Waals surface area contributed by atoms with Gasteiger partial charge in [0, 0.05) is 5.56 Å². The van der Waals surface area contributed by atoms with E-state index >= 15 is 0 Å². The number of esters is 1. The molecule has 1 aromatic heterocycles. The average Bonchev–Trinajstić information content (AvgIpc) is 3.12. The van der Waals surface area contributed by atoms with E-state index in [1.54, 1.807) is 30.3 Å². The molecule has 1 heterocycles. The van der Waals surface area contributed by atoms with Gasteiger partial charge < -0.3 is 9.26 Å². The molecule has 0 N–H and O–H groups in total. The molecular formula is C19H15ClN2O3. The van der Waals surface area contributed by atoms with Crippen molar-refractivity contribution in [2.24, 2.45) is 0 Å². The molecule has 5 nitrogen and oxygen atoms in total. The lowest BCUT2D eigenvalue weighted by atomic mass is 10.1. The van der Waals surface area contributed by atoms with Gasteiger partial charge in [-0.2, -0.15) is 4.98 Å². The SMILES string of the molecule is COC(=O)c1ccc(/C=C(\Cl)c2nc(-c3ccccc3C)no2)cc1. The number of carbonyl (C=O) groups excluding carboxylic acids is 1. The second-order valence-corrected chi connectivity index (χ2v) is 5.75. The minimum absolute atomic E-state index is 0.233. The van der Waals surface area contributed by atoms with Crippen LogP contribution in [0, 0.1) is 6.92 Å². The van der Waals surface area contributed by atoms with Crippen LogP contribution in [0.3, 0.4) is 0 Å². The predicted molar refractivity (Wildman–Crippen MR) is 96.0 cm³/mol. The van der Waals surface area contributed by atoms with Crippen LogP contribution in [0.5, 0.6) is 0 Å². The first kappa shape index (κ1) is 16.9. The van der Waals surface area contributed by atoms with Gasteiger partial charge in [0.05, 0.1) is 12.7 Å². The quantitative estimate of drug-likeness (QED) is 0.642. The lowest BCUT2D eigenvalue weighted by molar-refractivity contribution is 0.0600. The van der Waals surface area contributed by atoms with Crippen molar-refractivity contribution in [2.75, 3.05) is 7.11 Å². The van der Waals surface area contributed by atoms with Crippen LogP contribution >= 0.6 is 11.6 Å². The minimum Gasteiger partial charge on any atom is -0.465 e. The van der Waals surface area contributed by atoms with E-state index in [2.05, 4.69) is 14.9 Å². The first-order chi connectivity index (χ1) is 12.1. The van der Waals surface area contributed by atoms with Crippen molar-refractivity contribution in [2.45, 2.75) is 6.92 Å². The molecule has 0 saturated heterocycles. The Labute approximate surface area is 149 Å². The van der Waals surface area contributed by atoms with Gasteiger partial charge in [-0.3, -0.25) is 0 Å². The summed E-state index contributed by atoms with van der Waals surface area (Å²) in [5.41, 5.74) is 3.21. The van der Waals surface area contributed by atoms with Crippen LogP contribution in [0.1, 0.15) is 27.4 Å². The number of methoxy groups -OCH3 is 1. The Hall–Kier alpha value is -2.92. The fourth-order valence-electron chi connectivity index (χ4n) is 2.30. The Balaban J connectivity index is 1.84. The van der Waals surface area contributed by atoms with Gasteiger partial charge in [-0.25, -0.2) is 4.79 Å². The Bertz CT molecular complexity index is 930. The number of halogens is 1. The number of carbonyl (C=O) groups is 1. The summed E-state index contributed by atoms with van der Waals surface area (Å²) in [6, 6.07) is 14.6. The summed E-state index contributed by atoms with van der Waals surface area (Å²) in [5, 5.41) is 4.30. The van der Waals surface area contributed by atoms with Crippen LogP contribution in [0.25, 0.3) is 22.5 Å². The summed E-state index contributed by atoms with van der Waals surface area (Å²) >= 11 is 6.28. The van der Waals surface area contributed by atoms with Gasteiger partial charge in [-0.1, -0.05) is 53.2 Å². The van der Waals surface area contributed by atoms with Gasteiger partial charge in [-0.05, 0) is 36.3 Å². The average molecular weight is 355 g/mol. The third-order valence-corrected chi connectivity index (χ3v) is 3.91. The number of rotatable bonds is 4. The smallest absolute Gasteiger partial charge is 0.337 e. The number of nitrogens with zero attached hydrogens (tertiary/aromatic N) is 2. The second kappa shape index (κ2) is 7.32. The molecule has 0 aliphatic rings. The standard InChI is InChI=1S/C19H15ClN2O3/c1-12-5-3-4-6-15(12)17-21-18(25-22-17)16(20)11-13-7-9-14(10-8-13)19(23)24-2/h3-11H,1-2H3/b16-11-. The number of aryl methyl sites for hydroxylation is 1.